The first-order valence-corrected chi connectivity index (χ1v) is 6.25. The van der Waals surface area contributed by atoms with E-state index in [1.54, 1.807) is 18.2 Å². The van der Waals surface area contributed by atoms with E-state index in [0.29, 0.717) is 10.8 Å². The Morgan fingerprint density at radius 3 is 2.40 bits per heavy atom. The molecule has 0 bridgehead atoms. The number of nitro benzene ring substituents is 1. The Bertz CT molecular complexity index is 663. The fraction of sp³-hybridized carbons (Fsp3) is 0.143. The molecule has 0 saturated heterocycles. The van der Waals surface area contributed by atoms with Gasteiger partial charge in [0.15, 0.2) is 0 Å². The molecule has 0 radical (unpaired) electrons. The van der Waals surface area contributed by atoms with Crippen LogP contribution in [0.3, 0.4) is 0 Å². The van der Waals surface area contributed by atoms with Crippen molar-refractivity contribution in [3.8, 4) is 11.5 Å². The van der Waals surface area contributed by atoms with Crippen LogP contribution in [0.25, 0.3) is 0 Å². The monoisotopic (exact) mass is 292 g/mol. The molecule has 0 saturated carbocycles. The maximum absolute atomic E-state index is 11.1. The zero-order chi connectivity index (χ0) is 14.9. The molecule has 0 atom stereocenters. The highest BCUT2D eigenvalue weighted by Gasteiger charge is 2.20. The summed E-state index contributed by atoms with van der Waals surface area (Å²) in [6.07, 6.45) is 0. The highest BCUT2D eigenvalue weighted by atomic mass is 35.5. The minimum atomic E-state index is -0.550. The van der Waals surface area contributed by atoms with Crippen LogP contribution in [-0.4, -0.2) is 4.92 Å². The van der Waals surface area contributed by atoms with Gasteiger partial charge < -0.3 is 10.5 Å². The highest BCUT2D eigenvalue weighted by Crippen LogP contribution is 2.38. The van der Waals surface area contributed by atoms with E-state index in [2.05, 4.69) is 0 Å². The normalized spacial score (nSPS) is 10.3. The van der Waals surface area contributed by atoms with E-state index in [9.17, 15) is 10.1 Å². The highest BCUT2D eigenvalue weighted by molar-refractivity contribution is 6.30. The molecule has 0 unspecified atom stereocenters. The minimum absolute atomic E-state index is 0.0665. The number of halogens is 1. The van der Waals surface area contributed by atoms with Gasteiger partial charge in [0.05, 0.1) is 4.92 Å². The number of hydrogen-bond acceptors (Lipinski definition) is 4. The van der Waals surface area contributed by atoms with Crippen LogP contribution < -0.4 is 10.5 Å². The number of anilines is 1. The molecule has 0 amide bonds. The Labute approximate surface area is 121 Å². The number of ether oxygens (including phenoxy) is 1. The third-order valence-corrected chi connectivity index (χ3v) is 3.07. The second kappa shape index (κ2) is 5.38. The summed E-state index contributed by atoms with van der Waals surface area (Å²) >= 11 is 5.95. The molecule has 2 N–H and O–H groups in total. The molecule has 0 heterocycles. The first-order valence-electron chi connectivity index (χ1n) is 5.87. The van der Waals surface area contributed by atoms with Crippen molar-refractivity contribution in [1.29, 1.82) is 0 Å². The minimum Gasteiger partial charge on any atom is -0.449 e. The Morgan fingerprint density at radius 1 is 1.25 bits per heavy atom. The standard InChI is InChI=1S/C14H13ClN2O3/c1-8-6-10(15)7-9(2)14(8)20-12-5-3-4-11(16)13(12)17(18)19/h3-7H,16H2,1-2H3. The number of para-hydroxylation sites is 1. The van der Waals surface area contributed by atoms with Gasteiger partial charge in [0.1, 0.15) is 11.4 Å². The third kappa shape index (κ3) is 2.67. The van der Waals surface area contributed by atoms with Gasteiger partial charge in [-0.25, -0.2) is 0 Å². The van der Waals surface area contributed by atoms with E-state index in [4.69, 9.17) is 22.1 Å². The molecule has 2 rings (SSSR count). The predicted molar refractivity (Wildman–Crippen MR) is 78.5 cm³/mol. The van der Waals surface area contributed by atoms with Crippen LogP contribution >= 0.6 is 11.6 Å². The number of nitrogens with two attached hydrogens (primary N) is 1. The van der Waals surface area contributed by atoms with Crippen molar-refractivity contribution in [2.45, 2.75) is 13.8 Å². The molecule has 0 aliphatic rings. The van der Waals surface area contributed by atoms with Gasteiger partial charge in [-0.15, -0.1) is 0 Å². The molecular formula is C14H13ClN2O3. The van der Waals surface area contributed by atoms with Crippen LogP contribution in [0.1, 0.15) is 11.1 Å². The van der Waals surface area contributed by atoms with E-state index in [1.807, 2.05) is 13.8 Å². The molecule has 0 aromatic heterocycles. The molecule has 0 fully saturated rings. The van der Waals surface area contributed by atoms with Crippen molar-refractivity contribution in [2.75, 3.05) is 5.73 Å². The average molecular weight is 293 g/mol. The van der Waals surface area contributed by atoms with E-state index in [-0.39, 0.29) is 17.1 Å². The Kier molecular flexibility index (Phi) is 3.81. The van der Waals surface area contributed by atoms with Crippen LogP contribution in [0.2, 0.25) is 5.02 Å². The lowest BCUT2D eigenvalue weighted by molar-refractivity contribution is -0.384. The lowest BCUT2D eigenvalue weighted by Gasteiger charge is -2.13. The van der Waals surface area contributed by atoms with E-state index in [1.165, 1.54) is 12.1 Å². The van der Waals surface area contributed by atoms with Gasteiger partial charge in [-0.3, -0.25) is 10.1 Å². The van der Waals surface area contributed by atoms with Crippen molar-refractivity contribution in [3.63, 3.8) is 0 Å². The average Bonchev–Trinajstić information content (AvgIpc) is 2.33. The molecule has 2 aromatic rings. The summed E-state index contributed by atoms with van der Waals surface area (Å²) in [5.41, 5.74) is 7.06. The van der Waals surface area contributed by atoms with Gasteiger partial charge in [0, 0.05) is 5.02 Å². The molecule has 20 heavy (non-hydrogen) atoms. The zero-order valence-electron chi connectivity index (χ0n) is 11.0. The fourth-order valence-corrected chi connectivity index (χ4v) is 2.31. The molecule has 0 aliphatic heterocycles. The van der Waals surface area contributed by atoms with Gasteiger partial charge in [-0.1, -0.05) is 17.7 Å². The molecule has 104 valence electrons. The number of hydrogen-bond donors (Lipinski definition) is 1. The summed E-state index contributed by atoms with van der Waals surface area (Å²) in [6, 6.07) is 8.07. The predicted octanol–water partition coefficient (Wildman–Crippen LogP) is 4.24. The molecule has 0 aliphatic carbocycles. The molecule has 2 aromatic carbocycles. The van der Waals surface area contributed by atoms with Crippen molar-refractivity contribution >= 4 is 23.0 Å². The maximum atomic E-state index is 11.1. The summed E-state index contributed by atoms with van der Waals surface area (Å²) < 4.78 is 5.69. The lowest BCUT2D eigenvalue weighted by Crippen LogP contribution is -1.99. The first kappa shape index (κ1) is 14.1. The summed E-state index contributed by atoms with van der Waals surface area (Å²) in [5.74, 6) is 0.659. The molecular weight excluding hydrogens is 280 g/mol. The van der Waals surface area contributed by atoms with Gasteiger partial charge in [0.2, 0.25) is 5.75 Å². The van der Waals surface area contributed by atoms with Crippen LogP contribution in [0.5, 0.6) is 11.5 Å². The van der Waals surface area contributed by atoms with Gasteiger partial charge in [-0.05, 0) is 49.2 Å². The van der Waals surface area contributed by atoms with Crippen molar-refractivity contribution in [3.05, 3.63) is 56.6 Å². The lowest BCUT2D eigenvalue weighted by atomic mass is 10.1. The second-order valence-corrected chi connectivity index (χ2v) is 4.86. The van der Waals surface area contributed by atoms with E-state index < -0.39 is 4.92 Å². The number of benzene rings is 2. The fourth-order valence-electron chi connectivity index (χ4n) is 1.99. The number of rotatable bonds is 3. The largest absolute Gasteiger partial charge is 0.449 e. The van der Waals surface area contributed by atoms with Crippen LogP contribution in [0.15, 0.2) is 30.3 Å². The Hall–Kier alpha value is -2.27. The SMILES string of the molecule is Cc1cc(Cl)cc(C)c1Oc1cccc(N)c1[N+](=O)[O-]. The van der Waals surface area contributed by atoms with E-state index >= 15 is 0 Å². The summed E-state index contributed by atoms with van der Waals surface area (Å²) in [7, 11) is 0. The number of nitro groups is 1. The topological polar surface area (TPSA) is 78.4 Å². The molecule has 6 heteroatoms. The third-order valence-electron chi connectivity index (χ3n) is 2.85. The van der Waals surface area contributed by atoms with Gasteiger partial charge in [0.25, 0.3) is 0 Å². The molecule has 0 spiro atoms. The maximum Gasteiger partial charge on any atom is 0.334 e. The van der Waals surface area contributed by atoms with E-state index in [0.717, 1.165) is 11.1 Å². The second-order valence-electron chi connectivity index (χ2n) is 4.42. The summed E-state index contributed by atoms with van der Waals surface area (Å²) in [5, 5.41) is 11.7. The molecule has 5 nitrogen and oxygen atoms in total. The number of nitrogens with zero attached hydrogens (tertiary/aromatic N) is 1. The summed E-state index contributed by atoms with van der Waals surface area (Å²) in [6.45, 7) is 3.65. The van der Waals surface area contributed by atoms with Crippen molar-refractivity contribution < 1.29 is 9.66 Å². The van der Waals surface area contributed by atoms with Crippen LogP contribution in [0.4, 0.5) is 11.4 Å². The van der Waals surface area contributed by atoms with Crippen molar-refractivity contribution in [2.24, 2.45) is 0 Å². The quantitative estimate of drug-likeness (QED) is 0.521. The smallest absolute Gasteiger partial charge is 0.334 e. The first-order chi connectivity index (χ1) is 9.40. The zero-order valence-corrected chi connectivity index (χ0v) is 11.8. The van der Waals surface area contributed by atoms with Gasteiger partial charge in [-0.2, -0.15) is 0 Å². The van der Waals surface area contributed by atoms with Crippen molar-refractivity contribution in [1.82, 2.24) is 0 Å². The number of nitrogen functional groups attached to an aromatic ring is 1. The van der Waals surface area contributed by atoms with Gasteiger partial charge >= 0.3 is 5.69 Å². The Balaban J connectivity index is 2.51. The van der Waals surface area contributed by atoms with Crippen LogP contribution in [-0.2, 0) is 0 Å². The van der Waals surface area contributed by atoms with Crippen LogP contribution in [0, 0.1) is 24.0 Å². The number of aryl methyl sites for hydroxylation is 2. The Morgan fingerprint density at radius 2 is 1.85 bits per heavy atom. The summed E-state index contributed by atoms with van der Waals surface area (Å²) in [4.78, 5) is 10.5.